The summed E-state index contributed by atoms with van der Waals surface area (Å²) in [7, 11) is 2.13. The van der Waals surface area contributed by atoms with Gasteiger partial charge >= 0.3 is 0 Å². The third-order valence-electron chi connectivity index (χ3n) is 4.63. The lowest BCUT2D eigenvalue weighted by Gasteiger charge is -2.38. The second-order valence-corrected chi connectivity index (χ2v) is 7.12. The van der Waals surface area contributed by atoms with Gasteiger partial charge in [-0.1, -0.05) is 0 Å². The molecule has 1 aliphatic rings. The third-order valence-corrected chi connectivity index (χ3v) is 5.45. The first-order valence-corrected chi connectivity index (χ1v) is 9.06. The van der Waals surface area contributed by atoms with Gasteiger partial charge in [0.2, 0.25) is 0 Å². The quantitative estimate of drug-likeness (QED) is 0.731. The van der Waals surface area contributed by atoms with E-state index in [4.69, 9.17) is 0 Å². The summed E-state index contributed by atoms with van der Waals surface area (Å²) in [6, 6.07) is 6.60. The molecule has 0 saturated carbocycles. The van der Waals surface area contributed by atoms with Crippen molar-refractivity contribution in [3.8, 4) is 0 Å². The van der Waals surface area contributed by atoms with Gasteiger partial charge in [0, 0.05) is 26.2 Å². The molecule has 7 heteroatoms. The number of aryl methyl sites for hydroxylation is 1. The zero-order chi connectivity index (χ0) is 16.5. The number of hydrogen-bond donors (Lipinski definition) is 0. The van der Waals surface area contributed by atoms with E-state index in [1.165, 1.54) is 0 Å². The molecule has 1 saturated heterocycles. The van der Waals surface area contributed by atoms with Crippen LogP contribution in [0, 0.1) is 6.92 Å². The van der Waals surface area contributed by atoms with Gasteiger partial charge in [-0.25, -0.2) is 9.97 Å². The summed E-state index contributed by atoms with van der Waals surface area (Å²) in [5, 5.41) is 11.7. The number of aromatic nitrogens is 4. The molecular weight excluding hydrogens is 320 g/mol. The van der Waals surface area contributed by atoms with E-state index in [9.17, 15) is 0 Å². The molecule has 0 N–H and O–H groups in total. The summed E-state index contributed by atoms with van der Waals surface area (Å²) < 4.78 is 0. The number of hydrogen-bond acceptors (Lipinski definition) is 7. The highest BCUT2D eigenvalue weighted by Crippen LogP contribution is 2.29. The molecule has 0 amide bonds. The fourth-order valence-electron chi connectivity index (χ4n) is 3.27. The molecule has 4 rings (SSSR count). The molecule has 24 heavy (non-hydrogen) atoms. The van der Waals surface area contributed by atoms with Crippen LogP contribution in [0.25, 0.3) is 10.2 Å². The van der Waals surface area contributed by atoms with Gasteiger partial charge in [-0.3, -0.25) is 0 Å². The van der Waals surface area contributed by atoms with E-state index in [0.29, 0.717) is 6.04 Å². The summed E-state index contributed by atoms with van der Waals surface area (Å²) in [5.74, 6) is 1.98. The van der Waals surface area contributed by atoms with Crippen molar-refractivity contribution in [2.75, 3.05) is 29.9 Å². The molecule has 0 spiro atoms. The summed E-state index contributed by atoms with van der Waals surface area (Å²) in [5.41, 5.74) is 0.949. The van der Waals surface area contributed by atoms with Gasteiger partial charge in [-0.2, -0.15) is 5.10 Å². The van der Waals surface area contributed by atoms with Crippen molar-refractivity contribution in [3.05, 3.63) is 35.6 Å². The summed E-state index contributed by atoms with van der Waals surface area (Å²) in [4.78, 5) is 14.6. The van der Waals surface area contributed by atoms with Gasteiger partial charge in [-0.15, -0.1) is 16.4 Å². The predicted octanol–water partition coefficient (Wildman–Crippen LogP) is 2.89. The van der Waals surface area contributed by atoms with Gasteiger partial charge in [-0.05, 0) is 43.3 Å². The Kier molecular flexibility index (Phi) is 4.02. The lowest BCUT2D eigenvalue weighted by atomic mass is 10.0. The van der Waals surface area contributed by atoms with Crippen LogP contribution in [-0.2, 0) is 0 Å². The van der Waals surface area contributed by atoms with Crippen molar-refractivity contribution in [1.82, 2.24) is 20.2 Å². The summed E-state index contributed by atoms with van der Waals surface area (Å²) in [6.45, 7) is 3.92. The van der Waals surface area contributed by atoms with Crippen LogP contribution in [0.3, 0.4) is 0 Å². The standard InChI is InChI=1S/C17H20N6S/c1-12-5-6-15(21-20-12)23-8-3-4-13(10-23)22(2)16-14-7-9-24-17(14)19-11-18-16/h5-7,9,11,13H,3-4,8,10H2,1-2H3/t13-/m1/s1. The first kappa shape index (κ1) is 15.3. The molecule has 124 valence electrons. The molecule has 1 atom stereocenters. The average molecular weight is 340 g/mol. The van der Waals surface area contributed by atoms with Gasteiger partial charge in [0.1, 0.15) is 17.0 Å². The normalized spacial score (nSPS) is 18.1. The molecule has 4 heterocycles. The molecular formula is C17H20N6S. The highest BCUT2D eigenvalue weighted by molar-refractivity contribution is 7.16. The van der Waals surface area contributed by atoms with Crippen LogP contribution in [0.4, 0.5) is 11.6 Å². The number of fused-ring (bicyclic) bond motifs is 1. The Morgan fingerprint density at radius 2 is 2.12 bits per heavy atom. The van der Waals surface area contributed by atoms with Crippen molar-refractivity contribution in [1.29, 1.82) is 0 Å². The molecule has 1 fully saturated rings. The van der Waals surface area contributed by atoms with E-state index < -0.39 is 0 Å². The molecule has 0 bridgehead atoms. The molecule has 0 aliphatic carbocycles. The van der Waals surface area contributed by atoms with Crippen molar-refractivity contribution < 1.29 is 0 Å². The number of rotatable bonds is 3. The van der Waals surface area contributed by atoms with Crippen LogP contribution in [0.15, 0.2) is 29.9 Å². The van der Waals surface area contributed by atoms with Crippen LogP contribution >= 0.6 is 11.3 Å². The predicted molar refractivity (Wildman–Crippen MR) is 97.8 cm³/mol. The van der Waals surface area contributed by atoms with Gasteiger partial charge < -0.3 is 9.80 Å². The fourth-order valence-corrected chi connectivity index (χ4v) is 4.00. The van der Waals surface area contributed by atoms with E-state index in [1.54, 1.807) is 17.7 Å². The van der Waals surface area contributed by atoms with Crippen LogP contribution in [0.2, 0.25) is 0 Å². The van der Waals surface area contributed by atoms with Crippen LogP contribution < -0.4 is 9.80 Å². The minimum atomic E-state index is 0.403. The lowest BCUT2D eigenvalue weighted by molar-refractivity contribution is 0.483. The van der Waals surface area contributed by atoms with Gasteiger partial charge in [0.15, 0.2) is 5.82 Å². The average Bonchev–Trinajstić information content (AvgIpc) is 3.10. The Balaban J connectivity index is 1.57. The molecule has 0 radical (unpaired) electrons. The maximum atomic E-state index is 4.54. The van der Waals surface area contributed by atoms with E-state index in [-0.39, 0.29) is 0 Å². The van der Waals surface area contributed by atoms with Crippen LogP contribution in [-0.4, -0.2) is 46.3 Å². The highest BCUT2D eigenvalue weighted by atomic mass is 32.1. The largest absolute Gasteiger partial charge is 0.354 e. The molecule has 1 aliphatic heterocycles. The minimum Gasteiger partial charge on any atom is -0.354 e. The molecule has 0 aromatic carbocycles. The highest BCUT2D eigenvalue weighted by Gasteiger charge is 2.26. The van der Waals surface area contributed by atoms with Crippen molar-refractivity contribution in [2.24, 2.45) is 0 Å². The lowest BCUT2D eigenvalue weighted by Crippen LogP contribution is -2.47. The maximum absolute atomic E-state index is 4.54. The molecule has 0 unspecified atom stereocenters. The monoisotopic (exact) mass is 340 g/mol. The second-order valence-electron chi connectivity index (χ2n) is 6.22. The van der Waals surface area contributed by atoms with Gasteiger partial charge in [0.05, 0.1) is 11.1 Å². The van der Waals surface area contributed by atoms with Crippen molar-refractivity contribution >= 4 is 33.2 Å². The number of thiophene rings is 1. The van der Waals surface area contributed by atoms with E-state index in [2.05, 4.69) is 54.5 Å². The fraction of sp³-hybridized carbons (Fsp3) is 0.412. The minimum absolute atomic E-state index is 0.403. The Bertz CT molecular complexity index is 830. The second kappa shape index (κ2) is 6.32. The van der Waals surface area contributed by atoms with Crippen LogP contribution in [0.5, 0.6) is 0 Å². The van der Waals surface area contributed by atoms with E-state index >= 15 is 0 Å². The summed E-state index contributed by atoms with van der Waals surface area (Å²) in [6.07, 6.45) is 3.96. The molecule has 6 nitrogen and oxygen atoms in total. The number of piperidine rings is 1. The van der Waals surface area contributed by atoms with Gasteiger partial charge in [0.25, 0.3) is 0 Å². The number of likely N-dealkylation sites (N-methyl/N-ethyl adjacent to an activating group) is 1. The Morgan fingerprint density at radius 1 is 1.21 bits per heavy atom. The first-order valence-electron chi connectivity index (χ1n) is 8.18. The smallest absolute Gasteiger partial charge is 0.151 e. The van der Waals surface area contributed by atoms with E-state index in [0.717, 1.165) is 53.5 Å². The Morgan fingerprint density at radius 3 is 2.96 bits per heavy atom. The number of nitrogens with zero attached hydrogens (tertiary/aromatic N) is 6. The van der Waals surface area contributed by atoms with E-state index in [1.807, 2.05) is 13.0 Å². The SMILES string of the molecule is Cc1ccc(N2CCC[C@@H](N(C)c3ncnc4sccc34)C2)nn1. The number of anilines is 2. The zero-order valence-electron chi connectivity index (χ0n) is 13.9. The molecule has 3 aromatic heterocycles. The topological polar surface area (TPSA) is 58.0 Å². The zero-order valence-corrected chi connectivity index (χ0v) is 14.7. The first-order chi connectivity index (χ1) is 11.7. The van der Waals surface area contributed by atoms with Crippen LogP contribution in [0.1, 0.15) is 18.5 Å². The van der Waals surface area contributed by atoms with Crippen molar-refractivity contribution in [3.63, 3.8) is 0 Å². The third kappa shape index (κ3) is 2.80. The Labute approximate surface area is 145 Å². The molecule has 3 aromatic rings. The Hall–Kier alpha value is -2.28. The maximum Gasteiger partial charge on any atom is 0.151 e. The summed E-state index contributed by atoms with van der Waals surface area (Å²) >= 11 is 1.66. The van der Waals surface area contributed by atoms with Crippen molar-refractivity contribution in [2.45, 2.75) is 25.8 Å².